The molecule has 0 bridgehead atoms. The van der Waals surface area contributed by atoms with Crippen molar-refractivity contribution in [3.63, 3.8) is 0 Å². The molecule has 3 N–H and O–H groups in total. The standard InChI is InChI=1S/C60H94NO24P/c1-16-24-72-32-55(10,33-73-25-17-2)48(63)82-42-59(14,43-83-49(64)56(11,34-74-26-18-3)35-75-27-19-4)52(67)80-40-54(9,47(62)61-46-86(69,70)71)41-81-53(68)60(15,44-84-50(65)57(12,36-76-28-20-5)37-77-29-21-6)45-85-51(66)58(13,38-78-30-22-7)39-79-31-23-8/h16-23H,1-8,24-46H2,9-15H3,(H,61,62)(H2,69,70,71). The molecule has 0 saturated carbocycles. The van der Waals surface area contributed by atoms with Crippen LogP contribution in [0, 0.1) is 37.9 Å². The lowest BCUT2D eigenvalue weighted by molar-refractivity contribution is -0.183. The zero-order valence-electron chi connectivity index (χ0n) is 51.4. The third-order valence-electron chi connectivity index (χ3n) is 12.3. The highest BCUT2D eigenvalue weighted by atomic mass is 31.2. The molecule has 0 fully saturated rings. The summed E-state index contributed by atoms with van der Waals surface area (Å²) in [6.07, 6.45) is 10.4. The smallest absolute Gasteiger partial charge is 0.344 e. The van der Waals surface area contributed by atoms with Crippen molar-refractivity contribution in [2.24, 2.45) is 37.9 Å². The highest BCUT2D eigenvalue weighted by molar-refractivity contribution is 7.51. The van der Waals surface area contributed by atoms with Crippen LogP contribution < -0.4 is 5.32 Å². The van der Waals surface area contributed by atoms with Gasteiger partial charge in [-0.25, -0.2) is 0 Å². The Labute approximate surface area is 506 Å². The van der Waals surface area contributed by atoms with Crippen molar-refractivity contribution in [3.05, 3.63) is 101 Å². The number of rotatable bonds is 53. The van der Waals surface area contributed by atoms with Gasteiger partial charge < -0.3 is 81.4 Å². The van der Waals surface area contributed by atoms with E-state index in [4.69, 9.17) is 66.3 Å². The molecule has 0 aliphatic heterocycles. The van der Waals surface area contributed by atoms with E-state index in [0.29, 0.717) is 0 Å². The fourth-order valence-corrected chi connectivity index (χ4v) is 7.20. The van der Waals surface area contributed by atoms with Gasteiger partial charge in [-0.1, -0.05) is 48.6 Å². The van der Waals surface area contributed by atoms with Crippen molar-refractivity contribution in [2.45, 2.75) is 48.5 Å². The predicted molar refractivity (Wildman–Crippen MR) is 316 cm³/mol. The van der Waals surface area contributed by atoms with Gasteiger partial charge in [0.25, 0.3) is 0 Å². The van der Waals surface area contributed by atoms with Crippen LogP contribution in [0.1, 0.15) is 48.5 Å². The van der Waals surface area contributed by atoms with Crippen LogP contribution in [-0.2, 0) is 104 Å². The van der Waals surface area contributed by atoms with E-state index in [1.807, 2.05) is 0 Å². The molecule has 0 aromatic heterocycles. The zero-order valence-corrected chi connectivity index (χ0v) is 52.3. The average molecular weight is 1240 g/mol. The molecule has 26 heteroatoms. The first-order valence-electron chi connectivity index (χ1n) is 27.2. The summed E-state index contributed by atoms with van der Waals surface area (Å²) in [7, 11) is -4.97. The van der Waals surface area contributed by atoms with Crippen molar-refractivity contribution in [2.75, 3.05) is 152 Å². The fourth-order valence-electron chi connectivity index (χ4n) is 6.85. The van der Waals surface area contributed by atoms with Crippen LogP contribution in [-0.4, -0.2) is 203 Å². The Balaban J connectivity index is 7.69. The Morgan fingerprint density at radius 1 is 0.314 bits per heavy atom. The fraction of sp³-hybridized carbons (Fsp3) is 0.617. The van der Waals surface area contributed by atoms with Crippen LogP contribution in [0.4, 0.5) is 0 Å². The summed E-state index contributed by atoms with van der Waals surface area (Å²) in [6, 6.07) is 0. The third kappa shape index (κ3) is 29.2. The minimum Gasteiger partial charge on any atom is -0.464 e. The minimum absolute atomic E-state index is 0.0449. The molecular formula is C60H94NO24P. The summed E-state index contributed by atoms with van der Waals surface area (Å²) in [4.78, 5) is 119. The van der Waals surface area contributed by atoms with Gasteiger partial charge in [-0.3, -0.25) is 38.1 Å². The lowest BCUT2D eigenvalue weighted by atomic mass is 9.89. The number of ether oxygens (including phenoxy) is 14. The summed E-state index contributed by atoms with van der Waals surface area (Å²) >= 11 is 0. The van der Waals surface area contributed by atoms with Crippen molar-refractivity contribution in [1.82, 2.24) is 5.32 Å². The SMILES string of the molecule is C=CCOCC(C)(COCC=C)C(=O)OCC(C)(COC(=O)C(C)(COCC=C)COCC=C)C(=O)OCC(C)(COC(=O)C(C)(COC(=O)C(C)(COCC=C)COCC=C)COC(=O)C(C)(COCC=C)COCC=C)C(=O)NCP(=O)(O)O. The second-order valence-corrected chi connectivity index (χ2v) is 23.8. The highest BCUT2D eigenvalue weighted by Crippen LogP contribution is 2.35. The minimum atomic E-state index is -4.97. The zero-order chi connectivity index (χ0) is 65.6. The Morgan fingerprint density at radius 2 is 0.465 bits per heavy atom. The molecule has 25 nitrogen and oxygen atoms in total. The molecule has 0 rings (SSSR count). The number of amides is 1. The summed E-state index contributed by atoms with van der Waals surface area (Å²) < 4.78 is 91.4. The van der Waals surface area contributed by atoms with Crippen molar-refractivity contribution in [3.8, 4) is 0 Å². The topological polar surface area (TPSA) is 318 Å². The van der Waals surface area contributed by atoms with Crippen molar-refractivity contribution < 1.29 is 114 Å². The normalized spacial score (nSPS) is 12.3. The Kier molecular flexibility index (Phi) is 37.7. The van der Waals surface area contributed by atoms with E-state index in [1.54, 1.807) is 0 Å². The largest absolute Gasteiger partial charge is 0.464 e. The molecule has 0 spiro atoms. The molecule has 0 heterocycles. The molecule has 0 aliphatic rings. The van der Waals surface area contributed by atoms with Crippen LogP contribution >= 0.6 is 7.60 Å². The first kappa shape index (κ1) is 80.0. The van der Waals surface area contributed by atoms with E-state index < -0.39 is 133 Å². The van der Waals surface area contributed by atoms with Gasteiger partial charge in [0.15, 0.2) is 0 Å². The maximum absolute atomic E-state index is 14.6. The van der Waals surface area contributed by atoms with Crippen LogP contribution in [0.25, 0.3) is 0 Å². The summed E-state index contributed by atoms with van der Waals surface area (Å²) in [5.41, 5.74) is -12.5. The maximum Gasteiger partial charge on any atom is 0.344 e. The monoisotopic (exact) mass is 1240 g/mol. The van der Waals surface area contributed by atoms with Gasteiger partial charge >= 0.3 is 43.4 Å². The van der Waals surface area contributed by atoms with Crippen LogP contribution in [0.3, 0.4) is 0 Å². The molecule has 0 aromatic rings. The summed E-state index contributed by atoms with van der Waals surface area (Å²) in [5, 5.41) is 2.08. The lowest BCUT2D eigenvalue weighted by Crippen LogP contribution is -2.50. The predicted octanol–water partition coefficient (Wildman–Crippen LogP) is 5.16. The Bertz CT molecular complexity index is 1990. The average Bonchev–Trinajstić information content (AvgIpc) is 2.25. The van der Waals surface area contributed by atoms with Gasteiger partial charge in [-0.2, -0.15) is 0 Å². The first-order chi connectivity index (χ1) is 40.4. The van der Waals surface area contributed by atoms with E-state index in [2.05, 4.69) is 57.9 Å². The van der Waals surface area contributed by atoms with Crippen LogP contribution in [0.15, 0.2) is 101 Å². The molecule has 0 radical (unpaired) electrons. The van der Waals surface area contributed by atoms with Crippen LogP contribution in [0.5, 0.6) is 0 Å². The van der Waals surface area contributed by atoms with Crippen molar-refractivity contribution >= 4 is 49.3 Å². The van der Waals surface area contributed by atoms with Gasteiger partial charge in [0.2, 0.25) is 5.91 Å². The summed E-state index contributed by atoms with van der Waals surface area (Å²) in [5.74, 6) is -7.47. The number of carbonyl (C=O) groups excluding carboxylic acids is 7. The first-order valence-corrected chi connectivity index (χ1v) is 29.0. The van der Waals surface area contributed by atoms with Gasteiger partial charge in [0.1, 0.15) is 83.8 Å². The third-order valence-corrected chi connectivity index (χ3v) is 12.9. The number of nitrogens with one attached hydrogen (secondary N) is 1. The number of hydrogen-bond acceptors (Lipinski definition) is 22. The molecule has 0 aromatic carbocycles. The quantitative estimate of drug-likeness (QED) is 0.0233. The van der Waals surface area contributed by atoms with Gasteiger partial charge in [-0.15, -0.1) is 52.6 Å². The van der Waals surface area contributed by atoms with E-state index >= 15 is 0 Å². The van der Waals surface area contributed by atoms with Gasteiger partial charge in [0, 0.05) is 0 Å². The molecule has 0 atom stereocenters. The van der Waals surface area contributed by atoms with Crippen LogP contribution in [0.2, 0.25) is 0 Å². The number of carbonyl (C=O) groups is 7. The molecule has 0 saturated heterocycles. The number of esters is 6. The summed E-state index contributed by atoms with van der Waals surface area (Å²) in [6.45, 7) is 31.3. The Morgan fingerprint density at radius 3 is 0.616 bits per heavy atom. The van der Waals surface area contributed by atoms with Crippen molar-refractivity contribution in [1.29, 1.82) is 0 Å². The Hall–Kier alpha value is -5.96. The molecule has 86 heavy (non-hydrogen) atoms. The molecule has 0 aliphatic carbocycles. The van der Waals surface area contributed by atoms with E-state index in [0.717, 1.165) is 6.92 Å². The van der Waals surface area contributed by atoms with Gasteiger partial charge in [0.05, 0.1) is 106 Å². The van der Waals surface area contributed by atoms with E-state index in [-0.39, 0.29) is 106 Å². The molecular weight excluding hydrogens is 1150 g/mol. The highest BCUT2D eigenvalue weighted by Gasteiger charge is 2.49. The molecule has 488 valence electrons. The molecule has 1 amide bonds. The second kappa shape index (κ2) is 40.5. The lowest BCUT2D eigenvalue weighted by Gasteiger charge is -2.34. The second-order valence-electron chi connectivity index (χ2n) is 22.1. The molecule has 0 unspecified atom stereocenters. The van der Waals surface area contributed by atoms with E-state index in [9.17, 15) is 47.9 Å². The maximum atomic E-state index is 14.6. The van der Waals surface area contributed by atoms with Gasteiger partial charge in [-0.05, 0) is 48.5 Å². The number of hydrogen-bond donors (Lipinski definition) is 3. The van der Waals surface area contributed by atoms with E-state index in [1.165, 1.54) is 90.2 Å².